The number of hydrogen-bond donors (Lipinski definition) is 0. The summed E-state index contributed by atoms with van der Waals surface area (Å²) >= 11 is 6.34. The van der Waals surface area contributed by atoms with Gasteiger partial charge in [0.25, 0.3) is 0 Å². The highest BCUT2D eigenvalue weighted by Gasteiger charge is 2.33. The van der Waals surface area contributed by atoms with Crippen LogP contribution in [0.1, 0.15) is 81.2 Å². The average Bonchev–Trinajstić information content (AvgIpc) is 3.14. The molecule has 2 aliphatic rings. The van der Waals surface area contributed by atoms with Crippen LogP contribution in [-0.2, 0) is 17.8 Å². The molecule has 0 saturated heterocycles. The number of rotatable bonds is 2. The van der Waals surface area contributed by atoms with Crippen molar-refractivity contribution in [1.82, 2.24) is 29.6 Å². The van der Waals surface area contributed by atoms with Crippen molar-refractivity contribution in [1.29, 1.82) is 0 Å². The van der Waals surface area contributed by atoms with Crippen LogP contribution in [0.15, 0.2) is 36.8 Å². The first-order chi connectivity index (χ1) is 16.3. The van der Waals surface area contributed by atoms with Gasteiger partial charge in [-0.2, -0.15) is 0 Å². The van der Waals surface area contributed by atoms with Gasteiger partial charge in [-0.05, 0) is 70.2 Å². The normalized spacial score (nSPS) is 20.3. The summed E-state index contributed by atoms with van der Waals surface area (Å²) in [6.45, 7) is 6.32. The number of carbonyl (C=O) groups excluding carboxylic acids is 1. The largest absolute Gasteiger partial charge is 0.444 e. The first-order valence-corrected chi connectivity index (χ1v) is 12.1. The summed E-state index contributed by atoms with van der Waals surface area (Å²) in [5.74, 6) is 2.39. The van der Waals surface area contributed by atoms with Gasteiger partial charge in [0.15, 0.2) is 5.82 Å². The molecule has 0 atom stereocenters. The van der Waals surface area contributed by atoms with E-state index >= 15 is 0 Å². The smallest absolute Gasteiger partial charge is 0.411 e. The van der Waals surface area contributed by atoms with Gasteiger partial charge < -0.3 is 4.74 Å². The summed E-state index contributed by atoms with van der Waals surface area (Å²) < 4.78 is 7.78. The molecule has 1 fully saturated rings. The van der Waals surface area contributed by atoms with Crippen molar-refractivity contribution in [2.75, 3.05) is 0 Å². The zero-order valence-corrected chi connectivity index (χ0v) is 20.5. The third-order valence-electron chi connectivity index (χ3n) is 6.48. The van der Waals surface area contributed by atoms with Gasteiger partial charge in [-0.1, -0.05) is 11.6 Å². The molecule has 0 spiro atoms. The summed E-state index contributed by atoms with van der Waals surface area (Å²) in [6.07, 6.45) is 9.03. The minimum atomic E-state index is -0.582. The van der Waals surface area contributed by atoms with E-state index in [1.165, 1.54) is 0 Å². The first-order valence-electron chi connectivity index (χ1n) is 11.8. The number of nitrogens with zero attached hydrogens (tertiary/aromatic N) is 6. The predicted octanol–water partition coefficient (Wildman–Crippen LogP) is 5.40. The second kappa shape index (κ2) is 8.98. The Balaban J connectivity index is 1.45. The molecule has 1 aliphatic carbocycles. The first kappa shape index (κ1) is 22.8. The Morgan fingerprint density at radius 3 is 2.53 bits per heavy atom. The van der Waals surface area contributed by atoms with E-state index in [0.29, 0.717) is 24.0 Å². The zero-order chi connectivity index (χ0) is 23.9. The fraction of sp³-hybridized carbons (Fsp3) is 0.480. The van der Waals surface area contributed by atoms with Crippen LogP contribution in [0.4, 0.5) is 4.79 Å². The van der Waals surface area contributed by atoms with Crippen molar-refractivity contribution in [3.05, 3.63) is 64.7 Å². The fourth-order valence-electron chi connectivity index (χ4n) is 4.92. The van der Waals surface area contributed by atoms with Crippen molar-refractivity contribution in [3.63, 3.8) is 0 Å². The van der Waals surface area contributed by atoms with Gasteiger partial charge in [-0.3, -0.25) is 19.4 Å². The van der Waals surface area contributed by atoms with E-state index in [9.17, 15) is 4.79 Å². The van der Waals surface area contributed by atoms with E-state index in [0.717, 1.165) is 54.3 Å². The molecular formula is C25H29ClN6O2. The highest BCUT2D eigenvalue weighted by molar-refractivity contribution is 6.30. The minimum absolute atomic E-state index is 0.283. The Morgan fingerprint density at radius 1 is 1.06 bits per heavy atom. The molecule has 178 valence electrons. The standard InChI is InChI=1S/C25H29ClN6O2/c1-25(2,3)34-24(33)31-14-18-12-19(26)8-9-21(18)32-22(15-31)29-30-23(32)17-6-4-16(5-7-17)20-13-27-10-11-28-20/h8-13,16-17H,4-7,14-15H2,1-3H3/t16-,17-. The van der Waals surface area contributed by atoms with E-state index in [4.69, 9.17) is 16.3 Å². The van der Waals surface area contributed by atoms with Gasteiger partial charge in [0.05, 0.1) is 24.5 Å². The number of benzene rings is 1. The van der Waals surface area contributed by atoms with E-state index in [-0.39, 0.29) is 12.0 Å². The van der Waals surface area contributed by atoms with Crippen molar-refractivity contribution in [2.24, 2.45) is 0 Å². The zero-order valence-electron chi connectivity index (χ0n) is 19.7. The maximum absolute atomic E-state index is 13.0. The Morgan fingerprint density at radius 2 is 1.82 bits per heavy atom. The molecule has 3 aromatic rings. The molecule has 8 nitrogen and oxygen atoms in total. The molecule has 0 radical (unpaired) electrons. The number of amides is 1. The summed E-state index contributed by atoms with van der Waals surface area (Å²) in [4.78, 5) is 23.4. The van der Waals surface area contributed by atoms with Crippen LogP contribution in [0.2, 0.25) is 5.02 Å². The lowest BCUT2D eigenvalue weighted by Gasteiger charge is -2.28. The average molecular weight is 481 g/mol. The molecule has 0 unspecified atom stereocenters. The van der Waals surface area contributed by atoms with Gasteiger partial charge in [0, 0.05) is 35.4 Å². The quantitative estimate of drug-likeness (QED) is 0.488. The topological polar surface area (TPSA) is 86.0 Å². The maximum atomic E-state index is 13.0. The van der Waals surface area contributed by atoms with Crippen LogP contribution in [0.3, 0.4) is 0 Å². The van der Waals surface area contributed by atoms with Gasteiger partial charge in [-0.25, -0.2) is 4.79 Å². The fourth-order valence-corrected chi connectivity index (χ4v) is 5.11. The molecule has 1 amide bonds. The second-order valence-corrected chi connectivity index (χ2v) is 10.5. The number of hydrogen-bond acceptors (Lipinski definition) is 6. The van der Waals surface area contributed by atoms with Crippen molar-refractivity contribution < 1.29 is 9.53 Å². The molecule has 1 aliphatic heterocycles. The maximum Gasteiger partial charge on any atom is 0.411 e. The number of ether oxygens (including phenoxy) is 1. The molecule has 3 heterocycles. The van der Waals surface area contributed by atoms with Crippen molar-refractivity contribution in [3.8, 4) is 5.69 Å². The van der Waals surface area contributed by atoms with Crippen molar-refractivity contribution in [2.45, 2.75) is 77.0 Å². The highest BCUT2D eigenvalue weighted by Crippen LogP contribution is 2.41. The number of fused-ring (bicyclic) bond motifs is 3. The predicted molar refractivity (Wildman–Crippen MR) is 128 cm³/mol. The highest BCUT2D eigenvalue weighted by atomic mass is 35.5. The Kier molecular flexibility index (Phi) is 6.02. The van der Waals surface area contributed by atoms with Gasteiger partial charge in [0.1, 0.15) is 11.4 Å². The Hall–Kier alpha value is -3.00. The van der Waals surface area contributed by atoms with E-state index in [2.05, 4.69) is 24.7 Å². The summed E-state index contributed by atoms with van der Waals surface area (Å²) in [7, 11) is 0. The van der Waals surface area contributed by atoms with Crippen LogP contribution < -0.4 is 0 Å². The van der Waals surface area contributed by atoms with Crippen LogP contribution in [0.25, 0.3) is 5.69 Å². The lowest BCUT2D eigenvalue weighted by Crippen LogP contribution is -2.35. The molecule has 1 saturated carbocycles. The second-order valence-electron chi connectivity index (χ2n) is 10.1. The van der Waals surface area contributed by atoms with E-state index < -0.39 is 5.60 Å². The molecule has 1 aromatic carbocycles. The van der Waals surface area contributed by atoms with Crippen LogP contribution in [0, 0.1) is 0 Å². The molecule has 2 aromatic heterocycles. The minimum Gasteiger partial charge on any atom is -0.444 e. The monoisotopic (exact) mass is 480 g/mol. The molecule has 0 bridgehead atoms. The summed E-state index contributed by atoms with van der Waals surface area (Å²) in [5.41, 5.74) is 2.41. The van der Waals surface area contributed by atoms with Crippen LogP contribution in [-0.4, -0.2) is 41.3 Å². The number of halogens is 1. The molecule has 5 rings (SSSR count). The lowest BCUT2D eigenvalue weighted by atomic mass is 9.80. The van der Waals surface area contributed by atoms with E-state index in [1.54, 1.807) is 17.3 Å². The molecule has 0 N–H and O–H groups in total. The summed E-state index contributed by atoms with van der Waals surface area (Å²) in [6, 6.07) is 5.79. The SMILES string of the molecule is CC(C)(C)OC(=O)N1Cc2cc(Cl)ccc2-n2c(nnc2[C@H]2CC[C@H](c3cnccn3)CC2)C1. The van der Waals surface area contributed by atoms with Crippen LogP contribution in [0.5, 0.6) is 0 Å². The lowest BCUT2D eigenvalue weighted by molar-refractivity contribution is 0.0214. The number of aromatic nitrogens is 5. The van der Waals surface area contributed by atoms with Crippen molar-refractivity contribution >= 4 is 17.7 Å². The molecule has 34 heavy (non-hydrogen) atoms. The third kappa shape index (κ3) is 4.64. The van der Waals surface area contributed by atoms with E-state index in [1.807, 2.05) is 45.2 Å². The molecular weight excluding hydrogens is 452 g/mol. The Labute approximate surface area is 204 Å². The van der Waals surface area contributed by atoms with Gasteiger partial charge in [-0.15, -0.1) is 10.2 Å². The Bertz CT molecular complexity index is 1180. The molecule has 9 heteroatoms. The number of carbonyl (C=O) groups is 1. The van der Waals surface area contributed by atoms with Gasteiger partial charge in [0.2, 0.25) is 0 Å². The van der Waals surface area contributed by atoms with Crippen LogP contribution >= 0.6 is 11.6 Å². The van der Waals surface area contributed by atoms with Gasteiger partial charge >= 0.3 is 6.09 Å². The summed E-state index contributed by atoms with van der Waals surface area (Å²) in [5, 5.41) is 9.78. The third-order valence-corrected chi connectivity index (χ3v) is 6.71.